The molecule has 2 aliphatic rings. The smallest absolute Gasteiger partial charge is 0.164 e. The maximum absolute atomic E-state index is 5.89. The standard InChI is InChI=1S/C16H18Cl2O4/c1-16(2)21-12-11(20-14(15(17)18)13(12)22-16)9-19-8-10-6-4-3-5-7-10/h3-7,11-13H,8-9H2,1-2H3/t11-,12-,13-/m1/s1. The molecule has 4 nitrogen and oxygen atoms in total. The molecule has 2 saturated heterocycles. The van der Waals surface area contributed by atoms with E-state index in [1.807, 2.05) is 44.2 Å². The maximum Gasteiger partial charge on any atom is 0.164 e. The minimum atomic E-state index is -0.689. The van der Waals surface area contributed by atoms with Crippen LogP contribution in [0.1, 0.15) is 19.4 Å². The number of fused-ring (bicyclic) bond motifs is 1. The van der Waals surface area contributed by atoms with E-state index in [0.717, 1.165) is 5.56 Å². The predicted molar refractivity (Wildman–Crippen MR) is 83.5 cm³/mol. The van der Waals surface area contributed by atoms with Crippen LogP contribution in [0.2, 0.25) is 0 Å². The normalized spacial score (nSPS) is 29.3. The van der Waals surface area contributed by atoms with E-state index < -0.39 is 5.79 Å². The van der Waals surface area contributed by atoms with Gasteiger partial charge in [-0.2, -0.15) is 0 Å². The zero-order valence-corrected chi connectivity index (χ0v) is 13.9. The van der Waals surface area contributed by atoms with Crippen molar-refractivity contribution in [1.29, 1.82) is 0 Å². The molecule has 0 radical (unpaired) electrons. The summed E-state index contributed by atoms with van der Waals surface area (Å²) in [5.74, 6) is -0.266. The lowest BCUT2D eigenvalue weighted by atomic mass is 10.1. The van der Waals surface area contributed by atoms with E-state index in [4.69, 9.17) is 42.1 Å². The first-order valence-electron chi connectivity index (χ1n) is 7.15. The second-order valence-electron chi connectivity index (χ2n) is 5.80. The topological polar surface area (TPSA) is 36.9 Å². The lowest BCUT2D eigenvalue weighted by molar-refractivity contribution is -0.171. The number of hydrogen-bond acceptors (Lipinski definition) is 4. The predicted octanol–water partition coefficient (Wildman–Crippen LogP) is 3.77. The monoisotopic (exact) mass is 344 g/mol. The molecule has 0 N–H and O–H groups in total. The van der Waals surface area contributed by atoms with Crippen LogP contribution in [-0.2, 0) is 25.6 Å². The van der Waals surface area contributed by atoms with Gasteiger partial charge in [-0.1, -0.05) is 53.5 Å². The number of rotatable bonds is 4. The minimum Gasteiger partial charge on any atom is -0.484 e. The molecular formula is C16H18Cl2O4. The van der Waals surface area contributed by atoms with Crippen molar-refractivity contribution in [2.45, 2.75) is 44.6 Å². The zero-order valence-electron chi connectivity index (χ0n) is 12.4. The van der Waals surface area contributed by atoms with Crippen LogP contribution in [0.3, 0.4) is 0 Å². The van der Waals surface area contributed by atoms with Gasteiger partial charge in [-0.3, -0.25) is 0 Å². The lowest BCUT2D eigenvalue weighted by Crippen LogP contribution is -2.32. The van der Waals surface area contributed by atoms with Gasteiger partial charge in [-0.15, -0.1) is 0 Å². The van der Waals surface area contributed by atoms with Crippen LogP contribution in [0.4, 0.5) is 0 Å². The van der Waals surface area contributed by atoms with E-state index in [1.54, 1.807) is 0 Å². The Hall–Kier alpha value is -0.780. The molecule has 0 amide bonds. The van der Waals surface area contributed by atoms with Gasteiger partial charge in [-0.05, 0) is 19.4 Å². The van der Waals surface area contributed by atoms with E-state index >= 15 is 0 Å². The Bertz CT molecular complexity index is 555. The van der Waals surface area contributed by atoms with Gasteiger partial charge >= 0.3 is 0 Å². The molecule has 0 saturated carbocycles. The molecule has 0 aromatic heterocycles. The van der Waals surface area contributed by atoms with Gasteiger partial charge in [0, 0.05) is 0 Å². The van der Waals surface area contributed by atoms with Gasteiger partial charge < -0.3 is 18.9 Å². The quantitative estimate of drug-likeness (QED) is 0.833. The highest BCUT2D eigenvalue weighted by atomic mass is 35.5. The van der Waals surface area contributed by atoms with Crippen molar-refractivity contribution in [1.82, 2.24) is 0 Å². The van der Waals surface area contributed by atoms with E-state index in [0.29, 0.717) is 19.0 Å². The van der Waals surface area contributed by atoms with Crippen LogP contribution >= 0.6 is 23.2 Å². The Labute approximate surface area is 139 Å². The molecule has 3 rings (SSSR count). The summed E-state index contributed by atoms with van der Waals surface area (Å²) in [6, 6.07) is 9.95. The molecule has 0 spiro atoms. The van der Waals surface area contributed by atoms with E-state index in [9.17, 15) is 0 Å². The lowest BCUT2D eigenvalue weighted by Gasteiger charge is -2.22. The molecule has 1 aromatic rings. The average Bonchev–Trinajstić information content (AvgIpc) is 2.94. The summed E-state index contributed by atoms with van der Waals surface area (Å²) in [6.07, 6.45) is -0.948. The van der Waals surface area contributed by atoms with Crippen LogP contribution in [0.5, 0.6) is 0 Å². The minimum absolute atomic E-state index is 0.0712. The Balaban J connectivity index is 1.63. The summed E-state index contributed by atoms with van der Waals surface area (Å²) >= 11 is 11.8. The van der Waals surface area contributed by atoms with Crippen LogP contribution in [-0.4, -0.2) is 30.7 Å². The SMILES string of the molecule is CC1(C)O[C@@H]2[C@@H](COCc3ccccc3)OC(=C(Cl)Cl)[C@@H]2O1. The highest BCUT2D eigenvalue weighted by Crippen LogP contribution is 2.42. The Morgan fingerprint density at radius 1 is 1.18 bits per heavy atom. The maximum atomic E-state index is 5.89. The summed E-state index contributed by atoms with van der Waals surface area (Å²) < 4.78 is 23.3. The van der Waals surface area contributed by atoms with Crippen molar-refractivity contribution >= 4 is 23.2 Å². The molecule has 22 heavy (non-hydrogen) atoms. The molecule has 0 unspecified atom stereocenters. The van der Waals surface area contributed by atoms with Gasteiger partial charge in [0.1, 0.15) is 10.6 Å². The molecule has 6 heteroatoms. The Morgan fingerprint density at radius 3 is 2.59 bits per heavy atom. The largest absolute Gasteiger partial charge is 0.484 e. The second kappa shape index (κ2) is 6.38. The Morgan fingerprint density at radius 2 is 1.91 bits per heavy atom. The highest BCUT2D eigenvalue weighted by molar-refractivity contribution is 6.56. The van der Waals surface area contributed by atoms with Crippen molar-refractivity contribution < 1.29 is 18.9 Å². The molecule has 2 heterocycles. The molecule has 2 aliphatic heterocycles. The highest BCUT2D eigenvalue weighted by Gasteiger charge is 2.54. The number of benzene rings is 1. The summed E-state index contributed by atoms with van der Waals surface area (Å²) in [7, 11) is 0. The first kappa shape index (κ1) is 16.1. The first-order chi connectivity index (χ1) is 10.5. The molecular weight excluding hydrogens is 327 g/mol. The molecule has 3 atom stereocenters. The third-order valence-electron chi connectivity index (χ3n) is 3.61. The van der Waals surface area contributed by atoms with Crippen LogP contribution in [0.25, 0.3) is 0 Å². The summed E-state index contributed by atoms with van der Waals surface area (Å²) in [4.78, 5) is 0. The van der Waals surface area contributed by atoms with E-state index in [-0.39, 0.29) is 22.8 Å². The summed E-state index contributed by atoms with van der Waals surface area (Å²) in [5, 5.41) is 0. The summed E-state index contributed by atoms with van der Waals surface area (Å²) in [5.41, 5.74) is 1.10. The second-order valence-corrected chi connectivity index (χ2v) is 6.75. The number of hydrogen-bond donors (Lipinski definition) is 0. The fourth-order valence-electron chi connectivity index (χ4n) is 2.71. The van der Waals surface area contributed by atoms with Gasteiger partial charge in [0.25, 0.3) is 0 Å². The molecule has 0 aliphatic carbocycles. The van der Waals surface area contributed by atoms with E-state index in [1.165, 1.54) is 0 Å². The van der Waals surface area contributed by atoms with Crippen molar-refractivity contribution in [3.8, 4) is 0 Å². The summed E-state index contributed by atoms with van der Waals surface area (Å²) in [6.45, 7) is 4.59. The van der Waals surface area contributed by atoms with Crippen molar-refractivity contribution in [3.63, 3.8) is 0 Å². The van der Waals surface area contributed by atoms with Crippen LogP contribution in [0.15, 0.2) is 40.6 Å². The molecule has 120 valence electrons. The third kappa shape index (κ3) is 3.42. The Kier molecular flexibility index (Phi) is 4.67. The van der Waals surface area contributed by atoms with Crippen molar-refractivity contribution in [2.75, 3.05) is 6.61 Å². The van der Waals surface area contributed by atoms with Crippen LogP contribution < -0.4 is 0 Å². The van der Waals surface area contributed by atoms with Gasteiger partial charge in [-0.25, -0.2) is 0 Å². The van der Waals surface area contributed by atoms with Crippen molar-refractivity contribution in [2.24, 2.45) is 0 Å². The number of halogens is 2. The molecule has 1 aromatic carbocycles. The van der Waals surface area contributed by atoms with Crippen molar-refractivity contribution in [3.05, 3.63) is 46.1 Å². The van der Waals surface area contributed by atoms with Gasteiger partial charge in [0.15, 0.2) is 23.8 Å². The third-order valence-corrected chi connectivity index (χ3v) is 3.98. The number of ether oxygens (including phenoxy) is 4. The first-order valence-corrected chi connectivity index (χ1v) is 7.91. The molecule has 2 fully saturated rings. The molecule has 0 bridgehead atoms. The average molecular weight is 345 g/mol. The van der Waals surface area contributed by atoms with Gasteiger partial charge in [0.05, 0.1) is 13.2 Å². The van der Waals surface area contributed by atoms with Crippen LogP contribution in [0, 0.1) is 0 Å². The zero-order chi connectivity index (χ0) is 15.7. The van der Waals surface area contributed by atoms with Gasteiger partial charge in [0.2, 0.25) is 0 Å². The fourth-order valence-corrected chi connectivity index (χ4v) is 3.01. The van der Waals surface area contributed by atoms with E-state index in [2.05, 4.69) is 0 Å². The fraction of sp³-hybridized carbons (Fsp3) is 0.500.